The van der Waals surface area contributed by atoms with Crippen LogP contribution in [0.2, 0.25) is 0 Å². The number of amides is 2. The smallest absolute Gasteiger partial charge is 0.254 e. The van der Waals surface area contributed by atoms with Crippen molar-refractivity contribution in [2.75, 3.05) is 23.0 Å². The zero-order valence-electron chi connectivity index (χ0n) is 20.7. The van der Waals surface area contributed by atoms with Crippen LogP contribution in [0, 0.1) is 17.1 Å². The van der Waals surface area contributed by atoms with Gasteiger partial charge in [0, 0.05) is 17.1 Å². The number of furan rings is 1. The number of carbonyl (C=O) groups excluding carboxylic acids is 2. The lowest BCUT2D eigenvalue weighted by atomic mass is 9.85. The molecule has 4 rings (SSSR count). The summed E-state index contributed by atoms with van der Waals surface area (Å²) in [6, 6.07) is 18.1. The van der Waals surface area contributed by atoms with E-state index in [-0.39, 0.29) is 17.2 Å². The van der Waals surface area contributed by atoms with Gasteiger partial charge in [-0.2, -0.15) is 5.26 Å². The van der Waals surface area contributed by atoms with Gasteiger partial charge in [-0.25, -0.2) is 4.39 Å². The lowest BCUT2D eigenvalue weighted by Crippen LogP contribution is -2.31. The Morgan fingerprint density at radius 3 is 2.58 bits per heavy atom. The molecule has 0 unspecified atom stereocenters. The van der Waals surface area contributed by atoms with Crippen LogP contribution in [0.4, 0.5) is 15.8 Å². The molecule has 0 radical (unpaired) electrons. The fourth-order valence-corrected chi connectivity index (χ4v) is 4.86. The molecule has 1 atom stereocenters. The number of benzene rings is 2. The van der Waals surface area contributed by atoms with E-state index in [1.54, 1.807) is 49.4 Å². The molecule has 1 aliphatic rings. The lowest BCUT2D eigenvalue weighted by Gasteiger charge is -2.28. The van der Waals surface area contributed by atoms with E-state index in [9.17, 15) is 19.2 Å². The Kier molecular flexibility index (Phi) is 8.51. The third kappa shape index (κ3) is 6.25. The van der Waals surface area contributed by atoms with Gasteiger partial charge >= 0.3 is 0 Å². The minimum atomic E-state index is -0.785. The number of nitrogens with one attached hydrogen (secondary N) is 3. The van der Waals surface area contributed by atoms with Crippen molar-refractivity contribution in [1.29, 1.82) is 5.26 Å². The molecule has 0 saturated heterocycles. The van der Waals surface area contributed by atoms with Gasteiger partial charge in [0.15, 0.2) is 0 Å². The Balaban J connectivity index is 1.55. The van der Waals surface area contributed by atoms with Crippen molar-refractivity contribution in [1.82, 2.24) is 5.32 Å². The van der Waals surface area contributed by atoms with Gasteiger partial charge in [-0.3, -0.25) is 9.59 Å². The van der Waals surface area contributed by atoms with Gasteiger partial charge < -0.3 is 25.1 Å². The zero-order chi connectivity index (χ0) is 27.1. The second-order valence-electron chi connectivity index (χ2n) is 8.23. The average molecular weight is 533 g/mol. The maximum Gasteiger partial charge on any atom is 0.254 e. The predicted molar refractivity (Wildman–Crippen MR) is 144 cm³/mol. The largest absolute Gasteiger partial charge is 0.494 e. The summed E-state index contributed by atoms with van der Waals surface area (Å²) < 4.78 is 24.5. The first-order chi connectivity index (χ1) is 18.4. The summed E-state index contributed by atoms with van der Waals surface area (Å²) in [5.41, 5.74) is 1.97. The van der Waals surface area contributed by atoms with Gasteiger partial charge in [-0.15, -0.1) is 0 Å². The van der Waals surface area contributed by atoms with E-state index >= 15 is 0 Å². The Hall–Kier alpha value is -4.49. The molecule has 194 valence electrons. The maximum absolute atomic E-state index is 13.4. The molecule has 0 bridgehead atoms. The lowest BCUT2D eigenvalue weighted by molar-refractivity contribution is -0.114. The molecule has 0 fully saturated rings. The van der Waals surface area contributed by atoms with Crippen molar-refractivity contribution in [3.05, 3.63) is 100 Å². The average Bonchev–Trinajstić information content (AvgIpc) is 3.43. The predicted octanol–water partition coefficient (Wildman–Crippen LogP) is 5.52. The van der Waals surface area contributed by atoms with E-state index < -0.39 is 17.6 Å². The summed E-state index contributed by atoms with van der Waals surface area (Å²) in [4.78, 5) is 25.9. The van der Waals surface area contributed by atoms with Crippen molar-refractivity contribution in [2.24, 2.45) is 0 Å². The van der Waals surface area contributed by atoms with Crippen LogP contribution < -0.4 is 20.7 Å². The van der Waals surface area contributed by atoms with Crippen LogP contribution in [0.5, 0.6) is 5.75 Å². The van der Waals surface area contributed by atoms with Crippen LogP contribution in [0.1, 0.15) is 25.5 Å². The Bertz CT molecular complexity index is 1430. The molecular formula is C28H25FN4O4S. The molecule has 8 nitrogen and oxygen atoms in total. The molecule has 0 spiro atoms. The van der Waals surface area contributed by atoms with E-state index in [0.29, 0.717) is 45.8 Å². The van der Waals surface area contributed by atoms with E-state index in [1.807, 2.05) is 6.92 Å². The molecular weight excluding hydrogens is 507 g/mol. The van der Waals surface area contributed by atoms with Crippen molar-refractivity contribution in [2.45, 2.75) is 19.8 Å². The number of rotatable bonds is 9. The summed E-state index contributed by atoms with van der Waals surface area (Å²) in [6.45, 7) is 4.15. The minimum Gasteiger partial charge on any atom is -0.494 e. The Morgan fingerprint density at radius 1 is 1.13 bits per heavy atom. The first-order valence-electron chi connectivity index (χ1n) is 11.8. The fourth-order valence-electron chi connectivity index (χ4n) is 3.97. The van der Waals surface area contributed by atoms with Crippen LogP contribution in [-0.4, -0.2) is 24.2 Å². The highest BCUT2D eigenvalue weighted by molar-refractivity contribution is 8.03. The number of dihydropyridines is 1. The van der Waals surface area contributed by atoms with Crippen LogP contribution in [0.15, 0.2) is 93.2 Å². The number of ether oxygens (including phenoxy) is 1. The van der Waals surface area contributed by atoms with Crippen molar-refractivity contribution in [3.8, 4) is 11.8 Å². The van der Waals surface area contributed by atoms with E-state index in [1.165, 1.54) is 24.5 Å². The number of halogens is 1. The number of carbonyl (C=O) groups is 2. The molecule has 10 heteroatoms. The number of hydrogen-bond donors (Lipinski definition) is 3. The standard InChI is InChI=1S/C28H25FN4O4S/c1-3-36-21-11-9-19(10-12-21)33-27(35)25-17(2)31-28(22(15-30)26(25)23-8-5-13-37-23)38-16-24(34)32-20-7-4-6-18(29)14-20/h4-14,26,31H,3,16H2,1-2H3,(H,32,34)(H,33,35)/t26-/m0/s1. The normalized spacial score (nSPS) is 14.9. The monoisotopic (exact) mass is 532 g/mol. The quantitative estimate of drug-likeness (QED) is 0.332. The summed E-state index contributed by atoms with van der Waals surface area (Å²) in [5, 5.41) is 19.2. The topological polar surface area (TPSA) is 116 Å². The molecule has 2 aromatic carbocycles. The van der Waals surface area contributed by atoms with Gasteiger partial charge in [0.2, 0.25) is 5.91 Å². The molecule has 3 N–H and O–H groups in total. The van der Waals surface area contributed by atoms with Crippen molar-refractivity contribution >= 4 is 35.0 Å². The summed E-state index contributed by atoms with van der Waals surface area (Å²) in [7, 11) is 0. The van der Waals surface area contributed by atoms with Gasteiger partial charge in [-0.1, -0.05) is 17.8 Å². The van der Waals surface area contributed by atoms with Gasteiger partial charge in [0.1, 0.15) is 17.3 Å². The van der Waals surface area contributed by atoms with Crippen LogP contribution in [0.3, 0.4) is 0 Å². The second kappa shape index (κ2) is 12.2. The molecule has 0 aliphatic carbocycles. The molecule has 3 aromatic rings. The summed E-state index contributed by atoms with van der Waals surface area (Å²) >= 11 is 1.11. The first-order valence-corrected chi connectivity index (χ1v) is 12.8. The van der Waals surface area contributed by atoms with Crippen molar-refractivity contribution in [3.63, 3.8) is 0 Å². The van der Waals surface area contributed by atoms with Crippen LogP contribution >= 0.6 is 11.8 Å². The number of anilines is 2. The van der Waals surface area contributed by atoms with Crippen LogP contribution in [0.25, 0.3) is 0 Å². The van der Waals surface area contributed by atoms with Gasteiger partial charge in [0.05, 0.1) is 46.8 Å². The number of nitrogens with zero attached hydrogens (tertiary/aromatic N) is 1. The second-order valence-corrected chi connectivity index (χ2v) is 9.21. The maximum atomic E-state index is 13.4. The third-order valence-electron chi connectivity index (χ3n) is 5.60. The van der Waals surface area contributed by atoms with E-state index in [2.05, 4.69) is 22.0 Å². The SMILES string of the molecule is CCOc1ccc(NC(=O)C2=C(C)NC(SCC(=O)Nc3cccc(F)c3)=C(C#N)[C@H]2c2ccco2)cc1. The fraction of sp³-hybridized carbons (Fsp3) is 0.179. The minimum absolute atomic E-state index is 0.0457. The molecule has 0 saturated carbocycles. The Labute approximate surface area is 223 Å². The van der Waals surface area contributed by atoms with Gasteiger partial charge in [0.25, 0.3) is 5.91 Å². The molecule has 1 aliphatic heterocycles. The summed E-state index contributed by atoms with van der Waals surface area (Å²) in [6.07, 6.45) is 1.48. The third-order valence-corrected chi connectivity index (χ3v) is 6.62. The van der Waals surface area contributed by atoms with E-state index in [0.717, 1.165) is 11.8 Å². The molecule has 2 amide bonds. The Morgan fingerprint density at radius 2 is 1.92 bits per heavy atom. The molecule has 1 aromatic heterocycles. The zero-order valence-corrected chi connectivity index (χ0v) is 21.5. The highest BCUT2D eigenvalue weighted by Crippen LogP contribution is 2.41. The highest BCUT2D eigenvalue weighted by atomic mass is 32.2. The molecule has 38 heavy (non-hydrogen) atoms. The van der Waals surface area contributed by atoms with Gasteiger partial charge in [-0.05, 0) is 68.4 Å². The summed E-state index contributed by atoms with van der Waals surface area (Å²) in [5.74, 6) is -0.961. The number of allylic oxidation sites excluding steroid dienone is 2. The van der Waals surface area contributed by atoms with Crippen LogP contribution in [-0.2, 0) is 9.59 Å². The number of hydrogen-bond acceptors (Lipinski definition) is 7. The van der Waals surface area contributed by atoms with E-state index in [4.69, 9.17) is 9.15 Å². The number of thioether (sulfide) groups is 1. The van der Waals surface area contributed by atoms with Crippen molar-refractivity contribution < 1.29 is 23.1 Å². The number of nitriles is 1. The highest BCUT2D eigenvalue weighted by Gasteiger charge is 2.36. The first kappa shape index (κ1) is 26.6. The molecule has 2 heterocycles.